The molecule has 1 rings (SSSR count). The summed E-state index contributed by atoms with van der Waals surface area (Å²) < 4.78 is 7.16. The van der Waals surface area contributed by atoms with E-state index in [0.717, 1.165) is 36.5 Å². The predicted molar refractivity (Wildman–Crippen MR) is 55.1 cm³/mol. The molecule has 0 bridgehead atoms. The minimum Gasteiger partial charge on any atom is -0.385 e. The second-order valence-corrected chi connectivity index (χ2v) is 3.39. The molecule has 0 aliphatic heterocycles. The number of nitrogens with zero attached hydrogens (tertiary/aromatic N) is 2. The summed E-state index contributed by atoms with van der Waals surface area (Å²) in [5.74, 6) is 0. The van der Waals surface area contributed by atoms with Crippen molar-refractivity contribution in [3.63, 3.8) is 0 Å². The van der Waals surface area contributed by atoms with Crippen LogP contribution in [0, 0.1) is 25.2 Å². The van der Waals surface area contributed by atoms with E-state index in [1.165, 1.54) is 0 Å². The Balaban J connectivity index is 2.76. The highest BCUT2D eigenvalue weighted by atomic mass is 16.5. The molecule has 0 aliphatic rings. The first-order chi connectivity index (χ1) is 6.70. The third-order valence-electron chi connectivity index (χ3n) is 2.42. The first kappa shape index (κ1) is 10.8. The Morgan fingerprint density at radius 3 is 2.71 bits per heavy atom. The fourth-order valence-corrected chi connectivity index (χ4v) is 1.63. The summed E-state index contributed by atoms with van der Waals surface area (Å²) in [5, 5.41) is 8.84. The Labute approximate surface area is 84.9 Å². The van der Waals surface area contributed by atoms with Gasteiger partial charge in [0.15, 0.2) is 0 Å². The van der Waals surface area contributed by atoms with Crippen LogP contribution in [0.1, 0.15) is 23.4 Å². The van der Waals surface area contributed by atoms with E-state index in [4.69, 9.17) is 10.00 Å². The van der Waals surface area contributed by atoms with Crippen molar-refractivity contribution in [2.24, 2.45) is 0 Å². The van der Waals surface area contributed by atoms with Crippen LogP contribution >= 0.6 is 0 Å². The standard InChI is InChI=1S/C11H16N2O/c1-9-7-11(8-12)10(2)13(9)5-4-6-14-3/h7H,4-6H2,1-3H3. The van der Waals surface area contributed by atoms with Crippen molar-refractivity contribution < 1.29 is 4.74 Å². The molecule has 0 N–H and O–H groups in total. The Morgan fingerprint density at radius 2 is 2.21 bits per heavy atom. The van der Waals surface area contributed by atoms with Crippen LogP contribution in [0.2, 0.25) is 0 Å². The van der Waals surface area contributed by atoms with Crippen molar-refractivity contribution in [1.29, 1.82) is 5.26 Å². The zero-order valence-corrected chi connectivity index (χ0v) is 9.00. The molecular formula is C11H16N2O. The predicted octanol–water partition coefficient (Wildman–Crippen LogP) is 2.01. The highest BCUT2D eigenvalue weighted by Gasteiger charge is 2.07. The number of rotatable bonds is 4. The lowest BCUT2D eigenvalue weighted by molar-refractivity contribution is 0.190. The maximum absolute atomic E-state index is 8.84. The first-order valence-corrected chi connectivity index (χ1v) is 4.76. The van der Waals surface area contributed by atoms with Crippen molar-refractivity contribution in [1.82, 2.24) is 4.57 Å². The third kappa shape index (κ3) is 2.15. The monoisotopic (exact) mass is 192 g/mol. The van der Waals surface area contributed by atoms with Gasteiger partial charge in [-0.1, -0.05) is 0 Å². The van der Waals surface area contributed by atoms with Gasteiger partial charge in [0.05, 0.1) is 5.56 Å². The highest BCUT2D eigenvalue weighted by Crippen LogP contribution is 2.14. The van der Waals surface area contributed by atoms with Gasteiger partial charge in [0.2, 0.25) is 0 Å². The number of ether oxygens (including phenoxy) is 1. The summed E-state index contributed by atoms with van der Waals surface area (Å²) in [7, 11) is 1.70. The molecule has 1 aromatic heterocycles. The summed E-state index contributed by atoms with van der Waals surface area (Å²) in [6.45, 7) is 5.70. The molecule has 0 amide bonds. The zero-order chi connectivity index (χ0) is 10.6. The molecule has 0 aromatic carbocycles. The Kier molecular flexibility index (Phi) is 3.73. The maximum Gasteiger partial charge on any atom is 0.101 e. The van der Waals surface area contributed by atoms with Gasteiger partial charge in [0.25, 0.3) is 0 Å². The second-order valence-electron chi connectivity index (χ2n) is 3.39. The molecule has 0 saturated carbocycles. The summed E-state index contributed by atoms with van der Waals surface area (Å²) in [6, 6.07) is 4.13. The number of methoxy groups -OCH3 is 1. The zero-order valence-electron chi connectivity index (χ0n) is 9.00. The summed E-state index contributed by atoms with van der Waals surface area (Å²) in [6.07, 6.45) is 0.984. The molecule has 3 heteroatoms. The molecular weight excluding hydrogens is 176 g/mol. The van der Waals surface area contributed by atoms with Crippen molar-refractivity contribution in [3.8, 4) is 6.07 Å². The largest absolute Gasteiger partial charge is 0.385 e. The lowest BCUT2D eigenvalue weighted by atomic mass is 10.3. The average Bonchev–Trinajstić information content (AvgIpc) is 2.45. The van der Waals surface area contributed by atoms with Crippen LogP contribution in [0.3, 0.4) is 0 Å². The molecule has 76 valence electrons. The molecule has 0 aliphatic carbocycles. The van der Waals surface area contributed by atoms with E-state index in [9.17, 15) is 0 Å². The van der Waals surface area contributed by atoms with E-state index in [1.54, 1.807) is 7.11 Å². The summed E-state index contributed by atoms with van der Waals surface area (Å²) in [5.41, 5.74) is 2.98. The van der Waals surface area contributed by atoms with Gasteiger partial charge in [-0.3, -0.25) is 0 Å². The van der Waals surface area contributed by atoms with Gasteiger partial charge in [0, 0.05) is 31.6 Å². The van der Waals surface area contributed by atoms with Crippen molar-refractivity contribution in [2.45, 2.75) is 26.8 Å². The van der Waals surface area contributed by atoms with Gasteiger partial charge < -0.3 is 9.30 Å². The summed E-state index contributed by atoms with van der Waals surface area (Å²) >= 11 is 0. The smallest absolute Gasteiger partial charge is 0.101 e. The van der Waals surface area contributed by atoms with Crippen LogP contribution in [0.4, 0.5) is 0 Å². The van der Waals surface area contributed by atoms with Crippen LogP contribution in [0.5, 0.6) is 0 Å². The number of aryl methyl sites for hydroxylation is 1. The number of aromatic nitrogens is 1. The number of hydrogen-bond donors (Lipinski definition) is 0. The molecule has 14 heavy (non-hydrogen) atoms. The fourth-order valence-electron chi connectivity index (χ4n) is 1.63. The molecule has 0 unspecified atom stereocenters. The minimum absolute atomic E-state index is 0.763. The average molecular weight is 192 g/mol. The van der Waals surface area contributed by atoms with Crippen LogP contribution in [-0.2, 0) is 11.3 Å². The van der Waals surface area contributed by atoms with Gasteiger partial charge in [-0.05, 0) is 26.3 Å². The lowest BCUT2D eigenvalue weighted by Crippen LogP contribution is -2.05. The van der Waals surface area contributed by atoms with Crippen LogP contribution in [-0.4, -0.2) is 18.3 Å². The number of hydrogen-bond acceptors (Lipinski definition) is 2. The third-order valence-corrected chi connectivity index (χ3v) is 2.42. The van der Waals surface area contributed by atoms with E-state index in [1.807, 2.05) is 19.9 Å². The molecule has 1 heterocycles. The van der Waals surface area contributed by atoms with Crippen molar-refractivity contribution in [3.05, 3.63) is 23.0 Å². The van der Waals surface area contributed by atoms with Crippen molar-refractivity contribution >= 4 is 0 Å². The minimum atomic E-state index is 0.763. The van der Waals surface area contributed by atoms with E-state index in [2.05, 4.69) is 10.6 Å². The van der Waals surface area contributed by atoms with E-state index >= 15 is 0 Å². The molecule has 0 saturated heterocycles. The molecule has 0 atom stereocenters. The van der Waals surface area contributed by atoms with Crippen molar-refractivity contribution in [2.75, 3.05) is 13.7 Å². The second kappa shape index (κ2) is 4.83. The van der Waals surface area contributed by atoms with E-state index in [0.29, 0.717) is 0 Å². The number of nitriles is 1. The van der Waals surface area contributed by atoms with E-state index < -0.39 is 0 Å². The highest BCUT2D eigenvalue weighted by molar-refractivity contribution is 5.37. The maximum atomic E-state index is 8.84. The van der Waals surface area contributed by atoms with Crippen LogP contribution in [0.15, 0.2) is 6.07 Å². The van der Waals surface area contributed by atoms with Crippen LogP contribution in [0.25, 0.3) is 0 Å². The van der Waals surface area contributed by atoms with Gasteiger partial charge >= 0.3 is 0 Å². The quantitative estimate of drug-likeness (QED) is 0.684. The van der Waals surface area contributed by atoms with E-state index in [-0.39, 0.29) is 0 Å². The Hall–Kier alpha value is -1.27. The SMILES string of the molecule is COCCCn1c(C)cc(C#N)c1C. The topological polar surface area (TPSA) is 38.0 Å². The van der Waals surface area contributed by atoms with Gasteiger partial charge in [0.1, 0.15) is 6.07 Å². The van der Waals surface area contributed by atoms with Gasteiger partial charge in [-0.25, -0.2) is 0 Å². The molecule has 3 nitrogen and oxygen atoms in total. The summed E-state index contributed by atoms with van der Waals surface area (Å²) in [4.78, 5) is 0. The lowest BCUT2D eigenvalue weighted by Gasteiger charge is -2.08. The van der Waals surface area contributed by atoms with Gasteiger partial charge in [-0.15, -0.1) is 0 Å². The Morgan fingerprint density at radius 1 is 1.50 bits per heavy atom. The molecule has 0 radical (unpaired) electrons. The first-order valence-electron chi connectivity index (χ1n) is 4.76. The molecule has 1 aromatic rings. The fraction of sp³-hybridized carbons (Fsp3) is 0.545. The van der Waals surface area contributed by atoms with Gasteiger partial charge in [-0.2, -0.15) is 5.26 Å². The molecule has 0 spiro atoms. The molecule has 0 fully saturated rings. The van der Waals surface area contributed by atoms with Crippen LogP contribution < -0.4 is 0 Å². The normalized spacial score (nSPS) is 10.1. The Bertz CT molecular complexity index is 347.